The van der Waals surface area contributed by atoms with Crippen LogP contribution in [0.4, 0.5) is 4.79 Å². The lowest BCUT2D eigenvalue weighted by molar-refractivity contribution is -0.133. The minimum atomic E-state index is -1.07. The molecule has 5 N–H and O–H groups in total. The molecule has 1 aliphatic carbocycles. The van der Waals surface area contributed by atoms with Gasteiger partial charge in [0.25, 0.3) is 0 Å². The van der Waals surface area contributed by atoms with E-state index in [1.807, 2.05) is 13.8 Å². The van der Waals surface area contributed by atoms with Crippen molar-refractivity contribution in [2.24, 2.45) is 0 Å². The number of hydrogen-bond acceptors (Lipinski definition) is 6. The monoisotopic (exact) mass is 426 g/mol. The number of aliphatic carboxylic acids is 1. The van der Waals surface area contributed by atoms with Gasteiger partial charge < -0.3 is 25.2 Å². The molecule has 0 aromatic carbocycles. The Hall–Kier alpha value is -2.17. The summed E-state index contributed by atoms with van der Waals surface area (Å²) in [4.78, 5) is 35.9. The summed E-state index contributed by atoms with van der Waals surface area (Å²) in [6, 6.07) is -1.60. The molecule has 1 heterocycles. The van der Waals surface area contributed by atoms with Gasteiger partial charge in [-0.15, -0.1) is 0 Å². The minimum absolute atomic E-state index is 0.0771. The highest BCUT2D eigenvalue weighted by Crippen LogP contribution is 2.24. The first kappa shape index (κ1) is 24.1. The Bertz CT molecular complexity index is 631. The number of nitrogens with one attached hydrogen (secondary N) is 4. The molecular weight excluding hydrogens is 392 g/mol. The first-order chi connectivity index (χ1) is 14.3. The van der Waals surface area contributed by atoms with Crippen LogP contribution in [-0.2, 0) is 19.1 Å². The Morgan fingerprint density at radius 3 is 2.43 bits per heavy atom. The fraction of sp³-hybridized carbons (Fsp3) is 0.750. The number of amides is 3. The summed E-state index contributed by atoms with van der Waals surface area (Å²) in [6.07, 6.45) is 3.96. The summed E-state index contributed by atoms with van der Waals surface area (Å²) in [7, 11) is 0. The van der Waals surface area contributed by atoms with Gasteiger partial charge in [-0.25, -0.2) is 15.0 Å². The predicted octanol–water partition coefficient (Wildman–Crippen LogP) is 0.831. The second-order valence-corrected chi connectivity index (χ2v) is 7.70. The second kappa shape index (κ2) is 11.9. The van der Waals surface area contributed by atoms with E-state index in [1.165, 1.54) is 13.0 Å². The van der Waals surface area contributed by atoms with Gasteiger partial charge in [0, 0.05) is 38.2 Å². The summed E-state index contributed by atoms with van der Waals surface area (Å²) in [5, 5.41) is 15.2. The molecule has 1 saturated heterocycles. The van der Waals surface area contributed by atoms with E-state index in [4.69, 9.17) is 9.47 Å². The second-order valence-electron chi connectivity index (χ2n) is 7.70. The molecule has 1 fully saturated rings. The van der Waals surface area contributed by atoms with Crippen molar-refractivity contribution in [2.45, 2.75) is 83.2 Å². The molecule has 0 saturated carbocycles. The Balaban J connectivity index is 2.10. The van der Waals surface area contributed by atoms with Crippen molar-refractivity contribution in [1.29, 1.82) is 0 Å². The molecule has 0 radical (unpaired) electrons. The van der Waals surface area contributed by atoms with E-state index in [2.05, 4.69) is 21.5 Å². The molecule has 0 spiro atoms. The van der Waals surface area contributed by atoms with Crippen molar-refractivity contribution >= 4 is 17.9 Å². The van der Waals surface area contributed by atoms with Gasteiger partial charge in [-0.3, -0.25) is 10.2 Å². The van der Waals surface area contributed by atoms with Crippen LogP contribution in [0.1, 0.15) is 52.9 Å². The lowest BCUT2D eigenvalue weighted by atomic mass is 9.87. The third-order valence-corrected chi connectivity index (χ3v) is 5.43. The van der Waals surface area contributed by atoms with Crippen LogP contribution in [0.15, 0.2) is 11.6 Å². The first-order valence-electron chi connectivity index (χ1n) is 10.6. The molecule has 3 amide bonds. The number of rotatable bonds is 9. The molecule has 10 nitrogen and oxygen atoms in total. The van der Waals surface area contributed by atoms with E-state index in [0.29, 0.717) is 13.2 Å². The first-order valence-corrected chi connectivity index (χ1v) is 10.6. The molecule has 3 atom stereocenters. The maximum absolute atomic E-state index is 12.5. The number of hydrogen-bond donors (Lipinski definition) is 5. The van der Waals surface area contributed by atoms with Gasteiger partial charge in [0.1, 0.15) is 0 Å². The zero-order valence-corrected chi connectivity index (χ0v) is 17.9. The van der Waals surface area contributed by atoms with E-state index in [-0.39, 0.29) is 30.0 Å². The molecular formula is C20H34N4O6. The van der Waals surface area contributed by atoms with E-state index in [9.17, 15) is 19.5 Å². The Morgan fingerprint density at radius 2 is 1.87 bits per heavy atom. The highest BCUT2D eigenvalue weighted by molar-refractivity contribution is 5.87. The maximum Gasteiger partial charge on any atom is 0.331 e. The minimum Gasteiger partial charge on any atom is -0.478 e. The summed E-state index contributed by atoms with van der Waals surface area (Å²) in [5.41, 5.74) is 5.74. The molecule has 1 aliphatic heterocycles. The SMILES string of the molecule is CCC(CC)O[C@@H]1C=C(C(=O)O)C[C@H](NC(=O)NNC2CCOCC2)[C@H]1NC(C)=O. The van der Waals surface area contributed by atoms with Crippen LogP contribution in [0.25, 0.3) is 0 Å². The predicted molar refractivity (Wildman–Crippen MR) is 110 cm³/mol. The summed E-state index contributed by atoms with van der Waals surface area (Å²) in [6.45, 7) is 6.62. The highest BCUT2D eigenvalue weighted by atomic mass is 16.5. The molecule has 170 valence electrons. The number of carbonyl (C=O) groups excluding carboxylic acids is 2. The van der Waals surface area contributed by atoms with Crippen molar-refractivity contribution in [3.63, 3.8) is 0 Å². The maximum atomic E-state index is 12.5. The van der Waals surface area contributed by atoms with Crippen molar-refractivity contribution < 1.29 is 29.0 Å². The van der Waals surface area contributed by atoms with Gasteiger partial charge in [0.15, 0.2) is 0 Å². The molecule has 0 bridgehead atoms. The van der Waals surface area contributed by atoms with Crippen LogP contribution in [0.2, 0.25) is 0 Å². The third-order valence-electron chi connectivity index (χ3n) is 5.43. The topological polar surface area (TPSA) is 138 Å². The lowest BCUT2D eigenvalue weighted by Crippen LogP contribution is -2.62. The Kier molecular flexibility index (Phi) is 9.54. The fourth-order valence-electron chi connectivity index (χ4n) is 3.72. The van der Waals surface area contributed by atoms with Crippen LogP contribution < -0.4 is 21.5 Å². The van der Waals surface area contributed by atoms with Crippen molar-refractivity contribution in [1.82, 2.24) is 21.5 Å². The van der Waals surface area contributed by atoms with Gasteiger partial charge in [-0.1, -0.05) is 13.8 Å². The largest absolute Gasteiger partial charge is 0.478 e. The Labute approximate surface area is 177 Å². The van der Waals surface area contributed by atoms with E-state index in [0.717, 1.165) is 25.7 Å². The summed E-state index contributed by atoms with van der Waals surface area (Å²) >= 11 is 0. The quantitative estimate of drug-likeness (QED) is 0.344. The number of urea groups is 1. The third kappa shape index (κ3) is 7.26. The van der Waals surface area contributed by atoms with E-state index >= 15 is 0 Å². The molecule has 0 aromatic heterocycles. The average Bonchev–Trinajstić information content (AvgIpc) is 2.72. The van der Waals surface area contributed by atoms with Crippen LogP contribution in [-0.4, -0.2) is 66.6 Å². The Morgan fingerprint density at radius 1 is 1.20 bits per heavy atom. The summed E-state index contributed by atoms with van der Waals surface area (Å²) in [5.74, 6) is -1.35. The number of carbonyl (C=O) groups is 3. The van der Waals surface area contributed by atoms with Gasteiger partial charge in [0.2, 0.25) is 5.91 Å². The number of carboxylic acid groups (broad SMARTS) is 1. The van der Waals surface area contributed by atoms with Crippen LogP contribution in [0.3, 0.4) is 0 Å². The van der Waals surface area contributed by atoms with Gasteiger partial charge in [-0.2, -0.15) is 0 Å². The molecule has 30 heavy (non-hydrogen) atoms. The molecule has 2 rings (SSSR count). The molecule has 2 aliphatic rings. The highest BCUT2D eigenvalue weighted by Gasteiger charge is 2.38. The number of hydrazine groups is 1. The van der Waals surface area contributed by atoms with Crippen LogP contribution in [0.5, 0.6) is 0 Å². The van der Waals surface area contributed by atoms with Crippen molar-refractivity contribution in [3.05, 3.63) is 11.6 Å². The molecule has 0 aromatic rings. The van der Waals surface area contributed by atoms with Gasteiger partial charge in [-0.05, 0) is 31.8 Å². The standard InChI is InChI=1S/C20H34N4O6/c1-4-15(5-2)30-17-11-13(19(26)27)10-16(18(17)21-12(3)25)22-20(28)24-23-14-6-8-29-9-7-14/h11,14-18,23H,4-10H2,1-3H3,(H,21,25)(H,26,27)(H2,22,24,28)/t16-,17+,18+/m0/s1. The van der Waals surface area contributed by atoms with Crippen LogP contribution in [0, 0.1) is 0 Å². The zero-order chi connectivity index (χ0) is 22.1. The van der Waals surface area contributed by atoms with Crippen molar-refractivity contribution in [2.75, 3.05) is 13.2 Å². The smallest absolute Gasteiger partial charge is 0.331 e. The lowest BCUT2D eigenvalue weighted by Gasteiger charge is -2.38. The van der Waals surface area contributed by atoms with Crippen LogP contribution >= 0.6 is 0 Å². The fourth-order valence-corrected chi connectivity index (χ4v) is 3.72. The van der Waals surface area contributed by atoms with E-state index in [1.54, 1.807) is 0 Å². The number of carboxylic acids is 1. The molecule has 0 unspecified atom stereocenters. The summed E-state index contributed by atoms with van der Waals surface area (Å²) < 4.78 is 11.4. The van der Waals surface area contributed by atoms with E-state index < -0.39 is 30.2 Å². The zero-order valence-electron chi connectivity index (χ0n) is 17.9. The van der Waals surface area contributed by atoms with Crippen molar-refractivity contribution in [3.8, 4) is 0 Å². The molecule has 10 heteroatoms. The van der Waals surface area contributed by atoms with Gasteiger partial charge in [0.05, 0.1) is 24.3 Å². The number of ether oxygens (including phenoxy) is 2. The van der Waals surface area contributed by atoms with Gasteiger partial charge >= 0.3 is 12.0 Å². The normalized spacial score (nSPS) is 24.8. The average molecular weight is 427 g/mol.